The van der Waals surface area contributed by atoms with Crippen molar-refractivity contribution in [1.29, 1.82) is 0 Å². The molecule has 0 aromatic carbocycles. The molecule has 0 aliphatic heterocycles. The molecule has 0 aromatic heterocycles. The number of carbonyl (C=O) groups excluding carboxylic acids is 1. The molecule has 0 heterocycles. The Morgan fingerprint density at radius 2 is 2.38 bits per heavy atom. The van der Waals surface area contributed by atoms with E-state index < -0.39 is 0 Å². The van der Waals surface area contributed by atoms with E-state index in [0.717, 1.165) is 0 Å². The zero-order chi connectivity index (χ0) is 6.41. The maximum atomic E-state index is 11.4. The molecule has 0 spiro atoms. The Morgan fingerprint density at radius 1 is 1.75 bits per heavy atom. The van der Waals surface area contributed by atoms with Gasteiger partial charge in [0.15, 0.2) is 0 Å². The van der Waals surface area contributed by atoms with E-state index in [4.69, 9.17) is 0 Å². The van der Waals surface area contributed by atoms with Crippen LogP contribution in [0.3, 0.4) is 0 Å². The average molecular weight is 117 g/mol. The van der Waals surface area contributed by atoms with Gasteiger partial charge in [0.25, 0.3) is 0 Å². The first kappa shape index (κ1) is 7.60. The molecule has 0 aliphatic rings. The molecule has 0 fully saturated rings. The predicted octanol–water partition coefficient (Wildman–Crippen LogP) is 1.48. The second-order valence-electron chi connectivity index (χ2n) is 1.85. The topological polar surface area (TPSA) is 17.1 Å². The molecule has 1 unspecified atom stereocenters. The van der Waals surface area contributed by atoms with Crippen molar-refractivity contribution in [3.8, 4) is 0 Å². The van der Waals surface area contributed by atoms with Crippen molar-refractivity contribution < 1.29 is 9.18 Å². The van der Waals surface area contributed by atoms with Crippen molar-refractivity contribution in [2.75, 3.05) is 6.67 Å². The van der Waals surface area contributed by atoms with Crippen LogP contribution in [0.25, 0.3) is 0 Å². The fraction of sp³-hybridized carbons (Fsp3) is 0.833. The van der Waals surface area contributed by atoms with Crippen molar-refractivity contribution in [2.24, 2.45) is 5.92 Å². The monoisotopic (exact) mass is 117 g/mol. The average Bonchev–Trinajstić information content (AvgIpc) is 1.83. The maximum Gasteiger partial charge on any atom is 0.201 e. The van der Waals surface area contributed by atoms with Gasteiger partial charge in [0, 0.05) is 5.92 Å². The molecule has 0 saturated carbocycles. The molecule has 0 rings (SSSR count). The molecule has 0 aliphatic carbocycles. The van der Waals surface area contributed by atoms with E-state index in [2.05, 4.69) is 0 Å². The highest BCUT2D eigenvalue weighted by molar-refractivity contribution is 5.53. The zero-order valence-electron chi connectivity index (χ0n) is 4.98. The lowest BCUT2D eigenvalue weighted by atomic mass is 10.1. The first-order valence-corrected chi connectivity index (χ1v) is 2.75. The first-order valence-electron chi connectivity index (χ1n) is 2.75. The minimum atomic E-state index is -0.327. The van der Waals surface area contributed by atoms with E-state index >= 15 is 0 Å². The largest absolute Gasteiger partial charge is 0.291 e. The third-order valence-electron chi connectivity index (χ3n) is 0.972. The highest BCUT2D eigenvalue weighted by atomic mass is 19.1. The smallest absolute Gasteiger partial charge is 0.201 e. The Balaban J connectivity index is 2.98. The molecular formula is C6H10FO. The van der Waals surface area contributed by atoms with Crippen molar-refractivity contribution in [2.45, 2.75) is 19.8 Å². The van der Waals surface area contributed by atoms with E-state index in [9.17, 15) is 9.18 Å². The molecule has 47 valence electrons. The third kappa shape index (κ3) is 3.78. The van der Waals surface area contributed by atoms with E-state index in [0.29, 0.717) is 12.8 Å². The van der Waals surface area contributed by atoms with Crippen molar-refractivity contribution in [3.05, 3.63) is 0 Å². The van der Waals surface area contributed by atoms with Crippen LogP contribution in [0.5, 0.6) is 0 Å². The Bertz CT molecular complexity index is 63.5. The van der Waals surface area contributed by atoms with Crippen molar-refractivity contribution >= 4 is 6.29 Å². The summed E-state index contributed by atoms with van der Waals surface area (Å²) in [6, 6.07) is 0. The summed E-state index contributed by atoms with van der Waals surface area (Å²) < 4.78 is 11.4. The Labute approximate surface area is 48.9 Å². The first-order chi connectivity index (χ1) is 3.81. The lowest BCUT2D eigenvalue weighted by Gasteiger charge is -1.95. The zero-order valence-corrected chi connectivity index (χ0v) is 4.98. The molecule has 2 heteroatoms. The van der Waals surface area contributed by atoms with Gasteiger partial charge in [-0.15, -0.1) is 0 Å². The summed E-state index contributed by atoms with van der Waals surface area (Å²) in [7, 11) is 0. The lowest BCUT2D eigenvalue weighted by molar-refractivity contribution is 0.438. The highest BCUT2D eigenvalue weighted by Gasteiger charge is 1.97. The quantitative estimate of drug-likeness (QED) is 0.545. The molecule has 1 radical (unpaired) electrons. The van der Waals surface area contributed by atoms with Gasteiger partial charge < -0.3 is 0 Å². The van der Waals surface area contributed by atoms with Gasteiger partial charge in [-0.25, -0.2) is 0 Å². The molecule has 0 saturated heterocycles. The van der Waals surface area contributed by atoms with Crippen LogP contribution in [-0.4, -0.2) is 13.0 Å². The van der Waals surface area contributed by atoms with Gasteiger partial charge in [0.05, 0.1) is 6.67 Å². The van der Waals surface area contributed by atoms with Crippen LogP contribution in [-0.2, 0) is 4.79 Å². The van der Waals surface area contributed by atoms with Gasteiger partial charge in [0.1, 0.15) is 0 Å². The van der Waals surface area contributed by atoms with Gasteiger partial charge in [0.2, 0.25) is 6.29 Å². The maximum absolute atomic E-state index is 11.4. The van der Waals surface area contributed by atoms with Gasteiger partial charge >= 0.3 is 0 Å². The third-order valence-corrected chi connectivity index (χ3v) is 0.972. The molecule has 0 aromatic rings. The number of hydrogen-bond acceptors (Lipinski definition) is 1. The standard InChI is InChI=1S/C6H10FO/c1-6(5-8)3-2-4-7/h6H,2-4H2,1H3. The lowest BCUT2D eigenvalue weighted by Crippen LogP contribution is -1.94. The SMILES string of the molecule is CC([C]=O)CCCF. The summed E-state index contributed by atoms with van der Waals surface area (Å²) in [6.07, 6.45) is 2.89. The second kappa shape index (κ2) is 4.75. The van der Waals surface area contributed by atoms with E-state index in [1.54, 1.807) is 13.2 Å². The van der Waals surface area contributed by atoms with Crippen molar-refractivity contribution in [1.82, 2.24) is 0 Å². The number of halogens is 1. The normalized spacial score (nSPS) is 13.2. The summed E-state index contributed by atoms with van der Waals surface area (Å²) >= 11 is 0. The second-order valence-corrected chi connectivity index (χ2v) is 1.85. The molecule has 0 amide bonds. The van der Waals surface area contributed by atoms with Crippen LogP contribution >= 0.6 is 0 Å². The number of rotatable bonds is 4. The van der Waals surface area contributed by atoms with Crippen LogP contribution < -0.4 is 0 Å². The summed E-state index contributed by atoms with van der Waals surface area (Å²) in [4.78, 5) is 9.76. The van der Waals surface area contributed by atoms with Crippen LogP contribution in [0.1, 0.15) is 19.8 Å². The van der Waals surface area contributed by atoms with Gasteiger partial charge in [-0.2, -0.15) is 0 Å². The fourth-order valence-electron chi connectivity index (χ4n) is 0.442. The molecule has 1 atom stereocenters. The number of alkyl halides is 1. The highest BCUT2D eigenvalue weighted by Crippen LogP contribution is 2.00. The van der Waals surface area contributed by atoms with Gasteiger partial charge in [-0.1, -0.05) is 6.92 Å². The molecule has 0 N–H and O–H groups in total. The van der Waals surface area contributed by atoms with Crippen molar-refractivity contribution in [3.63, 3.8) is 0 Å². The van der Waals surface area contributed by atoms with Gasteiger partial charge in [-0.05, 0) is 12.8 Å². The predicted molar refractivity (Wildman–Crippen MR) is 30.1 cm³/mol. The summed E-state index contributed by atoms with van der Waals surface area (Å²) in [5.74, 6) is -0.0919. The van der Waals surface area contributed by atoms with E-state index in [1.165, 1.54) is 0 Å². The Kier molecular flexibility index (Phi) is 4.51. The van der Waals surface area contributed by atoms with Crippen LogP contribution in [0.2, 0.25) is 0 Å². The fourth-order valence-corrected chi connectivity index (χ4v) is 0.442. The number of hydrogen-bond donors (Lipinski definition) is 0. The summed E-state index contributed by atoms with van der Waals surface area (Å²) in [6.45, 7) is 1.41. The Morgan fingerprint density at radius 3 is 2.75 bits per heavy atom. The summed E-state index contributed by atoms with van der Waals surface area (Å²) in [5, 5.41) is 0. The van der Waals surface area contributed by atoms with Crippen LogP contribution in [0.4, 0.5) is 4.39 Å². The van der Waals surface area contributed by atoms with E-state index in [-0.39, 0.29) is 12.6 Å². The molecule has 8 heavy (non-hydrogen) atoms. The minimum absolute atomic E-state index is 0.0919. The molecule has 1 nitrogen and oxygen atoms in total. The van der Waals surface area contributed by atoms with Crippen LogP contribution in [0.15, 0.2) is 0 Å². The molecule has 0 bridgehead atoms. The Hall–Kier alpha value is -0.400. The van der Waals surface area contributed by atoms with Gasteiger partial charge in [-0.3, -0.25) is 9.18 Å². The van der Waals surface area contributed by atoms with E-state index in [1.807, 2.05) is 0 Å². The summed E-state index contributed by atoms with van der Waals surface area (Å²) in [5.41, 5.74) is 0. The minimum Gasteiger partial charge on any atom is -0.291 e. The molecular weight excluding hydrogens is 107 g/mol. The van der Waals surface area contributed by atoms with Crippen LogP contribution in [0, 0.1) is 5.92 Å².